The number of nitrogens with zero attached hydrogens (tertiary/aromatic N) is 4. The van der Waals surface area contributed by atoms with E-state index in [1.165, 1.54) is 0 Å². The Balaban J connectivity index is 1.79. The molecule has 0 saturated carbocycles. The summed E-state index contributed by atoms with van der Waals surface area (Å²) in [4.78, 5) is 19.2. The van der Waals surface area contributed by atoms with Crippen LogP contribution >= 0.6 is 11.6 Å². The first-order valence-electron chi connectivity index (χ1n) is 9.36. The lowest BCUT2D eigenvalue weighted by Gasteiger charge is -2.18. The monoisotopic (exact) mass is 409 g/mol. The number of aromatic nitrogens is 3. The minimum Gasteiger partial charge on any atom is -0.423 e. The molecule has 2 aromatic heterocycles. The number of nitrogens with one attached hydrogen (secondary N) is 1. The molecule has 1 amide bonds. The number of fused-ring (bicyclic) bond motifs is 1. The van der Waals surface area contributed by atoms with Crippen molar-refractivity contribution in [2.75, 3.05) is 18.4 Å². The van der Waals surface area contributed by atoms with Crippen LogP contribution in [0.2, 0.25) is 5.02 Å². The molecule has 0 atom stereocenters. The number of halogens is 1. The molecule has 4 rings (SSSR count). The third kappa shape index (κ3) is 3.69. The second kappa shape index (κ2) is 7.97. The largest absolute Gasteiger partial charge is 0.423 e. The van der Waals surface area contributed by atoms with E-state index in [0.29, 0.717) is 40.6 Å². The predicted octanol–water partition coefficient (Wildman–Crippen LogP) is 4.89. The Kier molecular flexibility index (Phi) is 5.22. The number of hydrogen-bond acceptors (Lipinski definition) is 5. The lowest BCUT2D eigenvalue weighted by Crippen LogP contribution is -2.30. The van der Waals surface area contributed by atoms with E-state index in [1.54, 1.807) is 34.0 Å². The average Bonchev–Trinajstić information content (AvgIpc) is 3.33. The van der Waals surface area contributed by atoms with Crippen molar-refractivity contribution in [1.29, 1.82) is 0 Å². The molecule has 0 aliphatic rings. The van der Waals surface area contributed by atoms with Crippen LogP contribution in [0.1, 0.15) is 24.2 Å². The van der Waals surface area contributed by atoms with E-state index in [-0.39, 0.29) is 11.9 Å². The average molecular weight is 410 g/mol. The molecule has 0 aliphatic heterocycles. The first kappa shape index (κ1) is 19.0. The number of anilines is 2. The summed E-state index contributed by atoms with van der Waals surface area (Å²) < 4.78 is 7.45. The quantitative estimate of drug-likeness (QED) is 0.490. The van der Waals surface area contributed by atoms with Gasteiger partial charge in [-0.1, -0.05) is 29.8 Å². The van der Waals surface area contributed by atoms with Gasteiger partial charge in [0.25, 0.3) is 5.91 Å². The Bertz CT molecular complexity index is 1150. The van der Waals surface area contributed by atoms with Crippen molar-refractivity contribution in [2.24, 2.45) is 0 Å². The van der Waals surface area contributed by atoms with Crippen molar-refractivity contribution in [3.05, 3.63) is 65.3 Å². The van der Waals surface area contributed by atoms with E-state index < -0.39 is 0 Å². The number of amides is 1. The smallest absolute Gasteiger partial charge is 0.301 e. The summed E-state index contributed by atoms with van der Waals surface area (Å²) in [5.41, 5.74) is 2.48. The number of para-hydroxylation sites is 1. The second-order valence-corrected chi connectivity index (χ2v) is 6.82. The summed E-state index contributed by atoms with van der Waals surface area (Å²) in [6, 6.07) is 15.0. The topological polar surface area (TPSA) is 76.2 Å². The van der Waals surface area contributed by atoms with Crippen LogP contribution in [0.5, 0.6) is 0 Å². The van der Waals surface area contributed by atoms with Crippen LogP contribution in [0.4, 0.5) is 11.8 Å². The zero-order valence-electron chi connectivity index (χ0n) is 16.1. The van der Waals surface area contributed by atoms with Gasteiger partial charge in [0.05, 0.1) is 11.9 Å². The van der Waals surface area contributed by atoms with Crippen LogP contribution in [0.15, 0.2) is 59.1 Å². The van der Waals surface area contributed by atoms with Gasteiger partial charge in [0.1, 0.15) is 11.1 Å². The van der Waals surface area contributed by atoms with Gasteiger partial charge < -0.3 is 9.32 Å². The Morgan fingerprint density at radius 2 is 1.93 bits per heavy atom. The fraction of sp³-hybridized carbons (Fsp3) is 0.190. The summed E-state index contributed by atoms with van der Waals surface area (Å²) in [5, 5.41) is 8.16. The summed E-state index contributed by atoms with van der Waals surface area (Å²) in [7, 11) is 0. The van der Waals surface area contributed by atoms with E-state index in [2.05, 4.69) is 15.4 Å². The zero-order valence-corrected chi connectivity index (χ0v) is 16.8. The Morgan fingerprint density at radius 3 is 2.66 bits per heavy atom. The van der Waals surface area contributed by atoms with Gasteiger partial charge in [-0.3, -0.25) is 10.1 Å². The maximum Gasteiger partial charge on any atom is 0.301 e. The fourth-order valence-electron chi connectivity index (χ4n) is 3.13. The van der Waals surface area contributed by atoms with E-state index >= 15 is 0 Å². The highest BCUT2D eigenvalue weighted by Crippen LogP contribution is 2.28. The molecule has 0 aliphatic carbocycles. The van der Waals surface area contributed by atoms with Crippen LogP contribution in [0, 0.1) is 0 Å². The number of benzene rings is 2. The van der Waals surface area contributed by atoms with Crippen LogP contribution in [-0.4, -0.2) is 38.7 Å². The SMILES string of the molecule is CCN(CC)C(=O)c1cnn(-c2ccccc2)c1Nc1nc2cc(Cl)ccc2o1. The molecule has 4 aromatic rings. The molecule has 148 valence electrons. The molecule has 0 saturated heterocycles. The number of carbonyl (C=O) groups is 1. The minimum absolute atomic E-state index is 0.112. The first-order chi connectivity index (χ1) is 14.1. The molecule has 0 bridgehead atoms. The Hall–Kier alpha value is -3.32. The van der Waals surface area contributed by atoms with Crippen molar-refractivity contribution in [1.82, 2.24) is 19.7 Å². The summed E-state index contributed by atoms with van der Waals surface area (Å²) in [6.45, 7) is 5.10. The van der Waals surface area contributed by atoms with Gasteiger partial charge in [-0.2, -0.15) is 10.1 Å². The minimum atomic E-state index is -0.112. The molecule has 29 heavy (non-hydrogen) atoms. The van der Waals surface area contributed by atoms with E-state index in [9.17, 15) is 4.79 Å². The van der Waals surface area contributed by atoms with Gasteiger partial charge in [0, 0.05) is 18.1 Å². The second-order valence-electron chi connectivity index (χ2n) is 6.39. The molecular weight excluding hydrogens is 390 g/mol. The van der Waals surface area contributed by atoms with Gasteiger partial charge in [-0.05, 0) is 44.2 Å². The number of hydrogen-bond donors (Lipinski definition) is 1. The van der Waals surface area contributed by atoms with Crippen LogP contribution in [0.25, 0.3) is 16.8 Å². The van der Waals surface area contributed by atoms with Gasteiger partial charge in [-0.15, -0.1) is 0 Å². The van der Waals surface area contributed by atoms with Gasteiger partial charge in [-0.25, -0.2) is 4.68 Å². The molecule has 0 spiro atoms. The molecule has 2 heterocycles. The van der Waals surface area contributed by atoms with Crippen molar-refractivity contribution in [3.8, 4) is 5.69 Å². The Morgan fingerprint density at radius 1 is 1.17 bits per heavy atom. The molecule has 2 aromatic carbocycles. The number of oxazole rings is 1. The normalized spacial score (nSPS) is 11.0. The fourth-order valence-corrected chi connectivity index (χ4v) is 3.29. The standard InChI is InChI=1S/C21H20ClN5O2/c1-3-26(4-2)20(28)16-13-23-27(15-8-6-5-7-9-15)19(16)25-21-24-17-12-14(22)10-11-18(17)29-21/h5-13H,3-4H2,1-2H3,(H,24,25). The number of rotatable bonds is 6. The van der Waals surface area contributed by atoms with E-state index in [0.717, 1.165) is 5.69 Å². The van der Waals surface area contributed by atoms with Crippen molar-refractivity contribution in [2.45, 2.75) is 13.8 Å². The molecule has 8 heteroatoms. The maximum absolute atomic E-state index is 13.0. The number of carbonyl (C=O) groups excluding carboxylic acids is 1. The maximum atomic E-state index is 13.0. The zero-order chi connectivity index (χ0) is 20.4. The highest BCUT2D eigenvalue weighted by Gasteiger charge is 2.23. The lowest BCUT2D eigenvalue weighted by atomic mass is 10.2. The molecule has 0 unspecified atom stereocenters. The van der Waals surface area contributed by atoms with Crippen molar-refractivity contribution in [3.63, 3.8) is 0 Å². The van der Waals surface area contributed by atoms with Crippen LogP contribution in [0.3, 0.4) is 0 Å². The van der Waals surface area contributed by atoms with E-state index in [1.807, 2.05) is 44.2 Å². The van der Waals surface area contributed by atoms with Gasteiger partial charge in [0.15, 0.2) is 11.4 Å². The predicted molar refractivity (Wildman–Crippen MR) is 113 cm³/mol. The van der Waals surface area contributed by atoms with E-state index in [4.69, 9.17) is 16.0 Å². The molecule has 0 fully saturated rings. The molecule has 7 nitrogen and oxygen atoms in total. The third-order valence-corrected chi connectivity index (χ3v) is 4.86. The molecule has 0 radical (unpaired) electrons. The molecule has 1 N–H and O–H groups in total. The summed E-state index contributed by atoms with van der Waals surface area (Å²) in [6.07, 6.45) is 1.56. The third-order valence-electron chi connectivity index (χ3n) is 4.63. The first-order valence-corrected chi connectivity index (χ1v) is 9.74. The van der Waals surface area contributed by atoms with Crippen LogP contribution in [-0.2, 0) is 0 Å². The summed E-state index contributed by atoms with van der Waals surface area (Å²) in [5.74, 6) is 0.379. The van der Waals surface area contributed by atoms with Crippen LogP contribution < -0.4 is 5.32 Å². The van der Waals surface area contributed by atoms with Crippen molar-refractivity contribution < 1.29 is 9.21 Å². The molecular formula is C21H20ClN5O2. The highest BCUT2D eigenvalue weighted by atomic mass is 35.5. The van der Waals surface area contributed by atoms with Gasteiger partial charge >= 0.3 is 6.01 Å². The Labute approximate surface area is 172 Å². The van der Waals surface area contributed by atoms with Gasteiger partial charge in [0.2, 0.25) is 0 Å². The van der Waals surface area contributed by atoms with Crippen molar-refractivity contribution >= 4 is 40.4 Å². The lowest BCUT2D eigenvalue weighted by molar-refractivity contribution is 0.0774. The summed E-state index contributed by atoms with van der Waals surface area (Å²) >= 11 is 6.04. The highest BCUT2D eigenvalue weighted by molar-refractivity contribution is 6.31.